The van der Waals surface area contributed by atoms with Crippen molar-refractivity contribution in [3.8, 4) is 0 Å². The molecule has 0 radical (unpaired) electrons. The van der Waals surface area contributed by atoms with Crippen molar-refractivity contribution in [1.29, 1.82) is 0 Å². The topological polar surface area (TPSA) is 117 Å². The molecule has 0 saturated carbocycles. The van der Waals surface area contributed by atoms with Crippen molar-refractivity contribution in [2.75, 3.05) is 19.8 Å². The number of urea groups is 1. The molecule has 1 aliphatic heterocycles. The second kappa shape index (κ2) is 6.56. The number of carbonyl (C=O) groups excluding carboxylic acids is 2. The fourth-order valence-electron chi connectivity index (χ4n) is 1.87. The Hall–Kier alpha value is -1.83. The van der Waals surface area contributed by atoms with E-state index in [1.165, 1.54) is 6.92 Å². The molecule has 3 atom stereocenters. The van der Waals surface area contributed by atoms with E-state index < -0.39 is 29.5 Å². The highest BCUT2D eigenvalue weighted by Gasteiger charge is 2.47. The lowest BCUT2D eigenvalue weighted by Gasteiger charge is -2.26. The molecule has 0 bridgehead atoms. The molecule has 114 valence electrons. The van der Waals surface area contributed by atoms with Crippen LogP contribution < -0.4 is 16.0 Å². The van der Waals surface area contributed by atoms with Gasteiger partial charge in [-0.3, -0.25) is 9.59 Å². The molecule has 4 N–H and O–H groups in total. The molecule has 0 aromatic carbocycles. The molecule has 1 saturated heterocycles. The Kier molecular flexibility index (Phi) is 5.32. The Morgan fingerprint density at radius 2 is 2.10 bits per heavy atom. The van der Waals surface area contributed by atoms with Crippen LogP contribution in [0.25, 0.3) is 0 Å². The van der Waals surface area contributed by atoms with Crippen molar-refractivity contribution in [3.05, 3.63) is 0 Å². The fraction of sp³-hybridized carbons (Fsp3) is 0.750. The van der Waals surface area contributed by atoms with Crippen LogP contribution in [0.1, 0.15) is 20.8 Å². The fourth-order valence-corrected chi connectivity index (χ4v) is 1.87. The molecule has 0 aliphatic carbocycles. The van der Waals surface area contributed by atoms with Crippen molar-refractivity contribution in [2.24, 2.45) is 5.41 Å². The first-order chi connectivity index (χ1) is 9.31. The molecule has 0 aromatic rings. The lowest BCUT2D eigenvalue weighted by Crippen LogP contribution is -2.55. The average molecular weight is 287 g/mol. The summed E-state index contributed by atoms with van der Waals surface area (Å²) in [6, 6.07) is -1.93. The van der Waals surface area contributed by atoms with Crippen LogP contribution in [0.3, 0.4) is 0 Å². The van der Waals surface area contributed by atoms with Gasteiger partial charge in [-0.05, 0) is 20.8 Å². The monoisotopic (exact) mass is 287 g/mol. The molecule has 1 rings (SSSR count). The average Bonchev–Trinajstić information content (AvgIpc) is 2.72. The Bertz CT molecular complexity index is 401. The molecule has 3 unspecified atom stereocenters. The predicted octanol–water partition coefficient (Wildman–Crippen LogP) is -0.700. The Balaban J connectivity index is 2.54. The van der Waals surface area contributed by atoms with Crippen LogP contribution in [0, 0.1) is 5.41 Å². The third-order valence-electron chi connectivity index (χ3n) is 3.34. The first kappa shape index (κ1) is 16.2. The van der Waals surface area contributed by atoms with E-state index in [0.29, 0.717) is 6.54 Å². The number of carboxylic acid groups (broad SMARTS) is 1. The Labute approximate surface area is 117 Å². The van der Waals surface area contributed by atoms with E-state index in [1.54, 1.807) is 13.8 Å². The SMILES string of the molecule is CCNC(=O)C(C)NC(=O)NC1COCC1(C)C(=O)O. The standard InChI is InChI=1S/C12H21N3O5/c1-4-13-9(16)7(2)14-11(19)15-8-5-20-6-12(8,3)10(17)18/h7-8H,4-6H2,1-3H3,(H,13,16)(H,17,18)(H2,14,15,19). The molecule has 0 aromatic heterocycles. The van der Waals surface area contributed by atoms with E-state index in [4.69, 9.17) is 4.74 Å². The van der Waals surface area contributed by atoms with Gasteiger partial charge in [-0.25, -0.2) is 4.79 Å². The van der Waals surface area contributed by atoms with E-state index >= 15 is 0 Å². The van der Waals surface area contributed by atoms with Gasteiger partial charge in [0.05, 0.1) is 19.3 Å². The number of carbonyl (C=O) groups is 3. The highest BCUT2D eigenvalue weighted by molar-refractivity contribution is 5.87. The molecular weight excluding hydrogens is 266 g/mol. The van der Waals surface area contributed by atoms with Gasteiger partial charge in [0.15, 0.2) is 0 Å². The van der Waals surface area contributed by atoms with Crippen molar-refractivity contribution < 1.29 is 24.2 Å². The molecule has 1 aliphatic rings. The lowest BCUT2D eigenvalue weighted by atomic mass is 9.85. The largest absolute Gasteiger partial charge is 0.481 e. The second-order valence-electron chi connectivity index (χ2n) is 5.02. The van der Waals surface area contributed by atoms with Crippen LogP contribution in [0.2, 0.25) is 0 Å². The van der Waals surface area contributed by atoms with Crippen LogP contribution in [-0.2, 0) is 14.3 Å². The summed E-state index contributed by atoms with van der Waals surface area (Å²) in [4.78, 5) is 34.5. The third kappa shape index (κ3) is 3.60. The van der Waals surface area contributed by atoms with Crippen LogP contribution in [0.4, 0.5) is 4.79 Å². The molecular formula is C12H21N3O5. The minimum absolute atomic E-state index is 0.0408. The second-order valence-corrected chi connectivity index (χ2v) is 5.02. The predicted molar refractivity (Wildman–Crippen MR) is 70.2 cm³/mol. The quantitative estimate of drug-likeness (QED) is 0.533. The number of hydrogen-bond acceptors (Lipinski definition) is 4. The summed E-state index contributed by atoms with van der Waals surface area (Å²) in [5.41, 5.74) is -1.16. The highest BCUT2D eigenvalue weighted by atomic mass is 16.5. The van der Waals surface area contributed by atoms with E-state index in [-0.39, 0.29) is 19.1 Å². The summed E-state index contributed by atoms with van der Waals surface area (Å²) in [7, 11) is 0. The van der Waals surface area contributed by atoms with Gasteiger partial charge in [-0.1, -0.05) is 0 Å². The molecule has 1 heterocycles. The molecule has 0 spiro atoms. The van der Waals surface area contributed by atoms with Gasteiger partial charge in [-0.2, -0.15) is 0 Å². The first-order valence-corrected chi connectivity index (χ1v) is 6.47. The smallest absolute Gasteiger partial charge is 0.315 e. The number of aliphatic carboxylic acids is 1. The zero-order chi connectivity index (χ0) is 15.3. The number of carboxylic acids is 1. The molecule has 1 fully saturated rings. The van der Waals surface area contributed by atoms with Crippen molar-refractivity contribution in [3.63, 3.8) is 0 Å². The summed E-state index contributed by atoms with van der Waals surface area (Å²) in [6.07, 6.45) is 0. The maximum Gasteiger partial charge on any atom is 0.315 e. The third-order valence-corrected chi connectivity index (χ3v) is 3.34. The van der Waals surface area contributed by atoms with E-state index in [2.05, 4.69) is 16.0 Å². The number of amides is 3. The van der Waals surface area contributed by atoms with Gasteiger partial charge in [0.2, 0.25) is 5.91 Å². The minimum atomic E-state index is -1.16. The number of likely N-dealkylation sites (N-methyl/N-ethyl adjacent to an activating group) is 1. The van der Waals surface area contributed by atoms with E-state index in [1.807, 2.05) is 0 Å². The van der Waals surface area contributed by atoms with Gasteiger partial charge < -0.3 is 25.8 Å². The number of hydrogen-bond donors (Lipinski definition) is 4. The van der Waals surface area contributed by atoms with Crippen molar-refractivity contribution >= 4 is 17.9 Å². The normalized spacial score (nSPS) is 26.6. The van der Waals surface area contributed by atoms with Gasteiger partial charge in [0.25, 0.3) is 0 Å². The lowest BCUT2D eigenvalue weighted by molar-refractivity contribution is -0.148. The Morgan fingerprint density at radius 1 is 1.45 bits per heavy atom. The van der Waals surface area contributed by atoms with Gasteiger partial charge in [0.1, 0.15) is 11.5 Å². The summed E-state index contributed by atoms with van der Waals surface area (Å²) in [5.74, 6) is -1.33. The van der Waals surface area contributed by atoms with Gasteiger partial charge in [0, 0.05) is 6.54 Å². The van der Waals surface area contributed by atoms with Crippen LogP contribution >= 0.6 is 0 Å². The Morgan fingerprint density at radius 3 is 2.65 bits per heavy atom. The zero-order valence-electron chi connectivity index (χ0n) is 11.9. The first-order valence-electron chi connectivity index (χ1n) is 6.47. The van der Waals surface area contributed by atoms with Crippen molar-refractivity contribution in [1.82, 2.24) is 16.0 Å². The highest BCUT2D eigenvalue weighted by Crippen LogP contribution is 2.28. The van der Waals surface area contributed by atoms with Crippen LogP contribution in [0.5, 0.6) is 0 Å². The number of ether oxygens (including phenoxy) is 1. The maximum absolute atomic E-state index is 11.8. The van der Waals surface area contributed by atoms with Crippen LogP contribution in [-0.4, -0.2) is 54.9 Å². The summed E-state index contributed by atoms with van der Waals surface area (Å²) in [6.45, 7) is 5.48. The summed E-state index contributed by atoms with van der Waals surface area (Å²) >= 11 is 0. The van der Waals surface area contributed by atoms with Crippen molar-refractivity contribution in [2.45, 2.75) is 32.9 Å². The number of rotatable bonds is 5. The minimum Gasteiger partial charge on any atom is -0.481 e. The molecule has 20 heavy (non-hydrogen) atoms. The van der Waals surface area contributed by atoms with Gasteiger partial charge in [-0.15, -0.1) is 0 Å². The summed E-state index contributed by atoms with van der Waals surface area (Å²) in [5, 5.41) is 16.8. The van der Waals surface area contributed by atoms with Gasteiger partial charge >= 0.3 is 12.0 Å². The molecule has 8 heteroatoms. The van der Waals surface area contributed by atoms with E-state index in [9.17, 15) is 19.5 Å². The molecule has 8 nitrogen and oxygen atoms in total. The number of nitrogens with one attached hydrogen (secondary N) is 3. The zero-order valence-corrected chi connectivity index (χ0v) is 11.9. The van der Waals surface area contributed by atoms with Crippen LogP contribution in [0.15, 0.2) is 0 Å². The maximum atomic E-state index is 11.8. The van der Waals surface area contributed by atoms with E-state index in [0.717, 1.165) is 0 Å². The summed E-state index contributed by atoms with van der Waals surface area (Å²) < 4.78 is 5.12. The molecule has 3 amide bonds.